The van der Waals surface area contributed by atoms with Crippen LogP contribution in [0, 0.1) is 0 Å². The van der Waals surface area contributed by atoms with E-state index < -0.39 is 0 Å². The summed E-state index contributed by atoms with van der Waals surface area (Å²) in [5.74, 6) is 0.0105. The Balaban J connectivity index is 1.73. The third kappa shape index (κ3) is 3.52. The van der Waals surface area contributed by atoms with Crippen LogP contribution in [-0.4, -0.2) is 10.9 Å². The summed E-state index contributed by atoms with van der Waals surface area (Å²) in [7, 11) is 0. The molecule has 1 N–H and O–H groups in total. The van der Waals surface area contributed by atoms with Gasteiger partial charge < -0.3 is 5.32 Å². The molecule has 0 bridgehead atoms. The van der Waals surface area contributed by atoms with Crippen molar-refractivity contribution in [1.29, 1.82) is 0 Å². The molecule has 0 aliphatic carbocycles. The molecule has 1 heterocycles. The first-order chi connectivity index (χ1) is 10.7. The van der Waals surface area contributed by atoms with Crippen LogP contribution in [0.25, 0.3) is 10.9 Å². The summed E-state index contributed by atoms with van der Waals surface area (Å²) in [4.78, 5) is 16.5. The van der Waals surface area contributed by atoms with E-state index in [0.29, 0.717) is 6.42 Å². The highest BCUT2D eigenvalue weighted by Gasteiger charge is 2.07. The minimum absolute atomic E-state index is 0.0105. The van der Waals surface area contributed by atoms with Gasteiger partial charge >= 0.3 is 0 Å². The number of carbonyl (C=O) groups excluding carboxylic acids is 1. The smallest absolute Gasteiger partial charge is 0.224 e. The van der Waals surface area contributed by atoms with Crippen molar-refractivity contribution in [2.24, 2.45) is 0 Å². The summed E-state index contributed by atoms with van der Waals surface area (Å²) in [6, 6.07) is 17.7. The van der Waals surface area contributed by atoms with Gasteiger partial charge in [-0.1, -0.05) is 46.3 Å². The number of fused-ring (bicyclic) bond motifs is 1. The fourth-order valence-electron chi connectivity index (χ4n) is 2.34. The second kappa shape index (κ2) is 6.71. The molecule has 0 saturated carbocycles. The third-order valence-electron chi connectivity index (χ3n) is 3.46. The Hall–Kier alpha value is -2.20. The molecule has 110 valence electrons. The maximum absolute atomic E-state index is 12.2. The van der Waals surface area contributed by atoms with Gasteiger partial charge in [0.1, 0.15) is 0 Å². The number of halogens is 1. The van der Waals surface area contributed by atoms with E-state index in [9.17, 15) is 4.79 Å². The molecule has 0 saturated heterocycles. The van der Waals surface area contributed by atoms with Crippen molar-refractivity contribution in [2.75, 3.05) is 5.32 Å². The normalized spacial score (nSPS) is 10.6. The fraction of sp³-hybridized carbons (Fsp3) is 0.111. The van der Waals surface area contributed by atoms with Crippen molar-refractivity contribution in [2.45, 2.75) is 12.8 Å². The van der Waals surface area contributed by atoms with E-state index in [1.165, 1.54) is 5.56 Å². The topological polar surface area (TPSA) is 42.0 Å². The first-order valence-electron chi connectivity index (χ1n) is 7.10. The number of nitrogens with zero attached hydrogens (tertiary/aromatic N) is 1. The van der Waals surface area contributed by atoms with Crippen LogP contribution in [0.2, 0.25) is 0 Å². The summed E-state index contributed by atoms with van der Waals surface area (Å²) in [6.45, 7) is 0. The molecule has 2 aromatic carbocycles. The van der Waals surface area contributed by atoms with E-state index in [1.54, 1.807) is 6.20 Å². The number of nitrogens with one attached hydrogen (secondary N) is 1. The van der Waals surface area contributed by atoms with Gasteiger partial charge in [-0.2, -0.15) is 0 Å². The van der Waals surface area contributed by atoms with Crippen LogP contribution in [-0.2, 0) is 11.2 Å². The van der Waals surface area contributed by atoms with Crippen LogP contribution >= 0.6 is 15.9 Å². The van der Waals surface area contributed by atoms with Gasteiger partial charge in [-0.25, -0.2) is 0 Å². The van der Waals surface area contributed by atoms with Crippen LogP contribution in [0.5, 0.6) is 0 Å². The number of aromatic nitrogens is 1. The molecule has 22 heavy (non-hydrogen) atoms. The van der Waals surface area contributed by atoms with E-state index >= 15 is 0 Å². The molecule has 1 aromatic heterocycles. The van der Waals surface area contributed by atoms with Gasteiger partial charge in [-0.3, -0.25) is 9.78 Å². The van der Waals surface area contributed by atoms with Gasteiger partial charge in [0, 0.05) is 22.5 Å². The molecule has 0 unspecified atom stereocenters. The number of hydrogen-bond donors (Lipinski definition) is 1. The summed E-state index contributed by atoms with van der Waals surface area (Å²) in [6.07, 6.45) is 2.91. The van der Waals surface area contributed by atoms with Crippen LogP contribution < -0.4 is 5.32 Å². The van der Waals surface area contributed by atoms with Crippen molar-refractivity contribution >= 4 is 38.4 Å². The molecule has 3 aromatic rings. The van der Waals surface area contributed by atoms with Gasteiger partial charge in [0.25, 0.3) is 0 Å². The molecule has 3 nitrogen and oxygen atoms in total. The molecule has 4 heteroatoms. The molecule has 0 radical (unpaired) electrons. The standard InChI is InChI=1S/C18H15BrN2O/c19-14-7-8-16-15(12-14)17(10-11-20-16)21-18(22)9-6-13-4-2-1-3-5-13/h1-5,7-8,10-12H,6,9H2,(H,20,21,22). The number of hydrogen-bond acceptors (Lipinski definition) is 2. The Bertz CT molecular complexity index is 803. The fourth-order valence-corrected chi connectivity index (χ4v) is 2.70. The summed E-state index contributed by atoms with van der Waals surface area (Å²) >= 11 is 3.45. The average Bonchev–Trinajstić information content (AvgIpc) is 2.54. The van der Waals surface area contributed by atoms with Gasteiger partial charge in [0.05, 0.1) is 11.2 Å². The molecule has 0 aliphatic heterocycles. The first kappa shape index (κ1) is 14.7. The second-order valence-electron chi connectivity index (χ2n) is 5.05. The zero-order valence-electron chi connectivity index (χ0n) is 11.9. The highest BCUT2D eigenvalue weighted by atomic mass is 79.9. The Labute approximate surface area is 137 Å². The lowest BCUT2D eigenvalue weighted by Gasteiger charge is -2.09. The zero-order valence-corrected chi connectivity index (χ0v) is 13.5. The number of rotatable bonds is 4. The first-order valence-corrected chi connectivity index (χ1v) is 7.90. The molecule has 1 amide bonds. The van der Waals surface area contributed by atoms with E-state index in [-0.39, 0.29) is 5.91 Å². The van der Waals surface area contributed by atoms with E-state index in [1.807, 2.05) is 54.6 Å². The molecule has 0 atom stereocenters. The minimum atomic E-state index is 0.0105. The molecular weight excluding hydrogens is 340 g/mol. The number of benzene rings is 2. The Morgan fingerprint density at radius 2 is 1.91 bits per heavy atom. The number of aryl methyl sites for hydroxylation is 1. The highest BCUT2D eigenvalue weighted by molar-refractivity contribution is 9.10. The van der Waals surface area contributed by atoms with Crippen molar-refractivity contribution in [1.82, 2.24) is 4.98 Å². The molecule has 0 fully saturated rings. The Kier molecular flexibility index (Phi) is 4.49. The summed E-state index contributed by atoms with van der Waals surface area (Å²) in [5, 5.41) is 3.92. The number of amides is 1. The van der Waals surface area contributed by atoms with Crippen molar-refractivity contribution in [3.8, 4) is 0 Å². The maximum Gasteiger partial charge on any atom is 0.224 e. The predicted octanol–water partition coefficient (Wildman–Crippen LogP) is 4.57. The lowest BCUT2D eigenvalue weighted by molar-refractivity contribution is -0.116. The van der Waals surface area contributed by atoms with Crippen molar-refractivity contribution in [3.63, 3.8) is 0 Å². The van der Waals surface area contributed by atoms with Gasteiger partial charge in [-0.05, 0) is 36.2 Å². The number of anilines is 1. The van der Waals surface area contributed by atoms with Crippen molar-refractivity contribution < 1.29 is 4.79 Å². The molecule has 0 spiro atoms. The van der Waals surface area contributed by atoms with E-state index in [4.69, 9.17) is 0 Å². The minimum Gasteiger partial charge on any atom is -0.325 e. The van der Waals surface area contributed by atoms with Gasteiger partial charge in [0.2, 0.25) is 5.91 Å². The van der Waals surface area contributed by atoms with Crippen LogP contribution in [0.4, 0.5) is 5.69 Å². The maximum atomic E-state index is 12.2. The van der Waals surface area contributed by atoms with Gasteiger partial charge in [-0.15, -0.1) is 0 Å². The van der Waals surface area contributed by atoms with Crippen LogP contribution in [0.15, 0.2) is 65.3 Å². The van der Waals surface area contributed by atoms with Gasteiger partial charge in [0.15, 0.2) is 0 Å². The molecule has 0 aliphatic rings. The molecule has 3 rings (SSSR count). The second-order valence-corrected chi connectivity index (χ2v) is 5.97. The number of pyridine rings is 1. The van der Waals surface area contributed by atoms with E-state index in [2.05, 4.69) is 26.2 Å². The van der Waals surface area contributed by atoms with Crippen LogP contribution in [0.3, 0.4) is 0 Å². The average molecular weight is 355 g/mol. The van der Waals surface area contributed by atoms with Crippen molar-refractivity contribution in [3.05, 3.63) is 70.8 Å². The highest BCUT2D eigenvalue weighted by Crippen LogP contribution is 2.25. The largest absolute Gasteiger partial charge is 0.325 e. The number of carbonyl (C=O) groups is 1. The quantitative estimate of drug-likeness (QED) is 0.745. The van der Waals surface area contributed by atoms with E-state index in [0.717, 1.165) is 27.5 Å². The summed E-state index contributed by atoms with van der Waals surface area (Å²) in [5.41, 5.74) is 2.83. The monoisotopic (exact) mass is 354 g/mol. The van der Waals surface area contributed by atoms with Crippen LogP contribution in [0.1, 0.15) is 12.0 Å². The molecular formula is C18H15BrN2O. The zero-order chi connectivity index (χ0) is 15.4. The Morgan fingerprint density at radius 3 is 2.73 bits per heavy atom. The lowest BCUT2D eigenvalue weighted by Crippen LogP contribution is -2.12. The predicted molar refractivity (Wildman–Crippen MR) is 92.8 cm³/mol. The third-order valence-corrected chi connectivity index (χ3v) is 3.95. The summed E-state index contributed by atoms with van der Waals surface area (Å²) < 4.78 is 0.966. The lowest BCUT2D eigenvalue weighted by atomic mass is 10.1. The SMILES string of the molecule is O=C(CCc1ccccc1)Nc1ccnc2ccc(Br)cc12. The Morgan fingerprint density at radius 1 is 1.09 bits per heavy atom.